The van der Waals surface area contributed by atoms with E-state index in [0.29, 0.717) is 5.91 Å². The predicted molar refractivity (Wildman–Crippen MR) is 102 cm³/mol. The third-order valence-corrected chi connectivity index (χ3v) is 8.08. The molecule has 1 N–H and O–H groups in total. The van der Waals surface area contributed by atoms with Gasteiger partial charge in [0.1, 0.15) is 0 Å². The van der Waals surface area contributed by atoms with Crippen LogP contribution in [0.3, 0.4) is 0 Å². The first kappa shape index (κ1) is 16.8. The minimum absolute atomic E-state index is 0.0251. The maximum atomic E-state index is 13.4. The van der Waals surface area contributed by atoms with Crippen LogP contribution in [-0.2, 0) is 4.79 Å². The van der Waals surface area contributed by atoms with Gasteiger partial charge in [-0.1, -0.05) is 0 Å². The van der Waals surface area contributed by atoms with Gasteiger partial charge in [-0.05, 0) is 80.6 Å². The van der Waals surface area contributed by atoms with Crippen molar-refractivity contribution in [1.82, 2.24) is 10.2 Å². The first-order valence-electron chi connectivity index (χ1n) is 10.2. The Labute approximate surface area is 159 Å². The summed E-state index contributed by atoms with van der Waals surface area (Å²) in [6.45, 7) is 1.60. The van der Waals surface area contributed by atoms with E-state index in [2.05, 4.69) is 10.2 Å². The number of amides is 2. The van der Waals surface area contributed by atoms with Gasteiger partial charge in [-0.3, -0.25) is 9.59 Å². The second-order valence-electron chi connectivity index (χ2n) is 9.25. The van der Waals surface area contributed by atoms with Crippen LogP contribution in [0.1, 0.15) is 61.7 Å². The third kappa shape index (κ3) is 2.88. The molecule has 2 heterocycles. The quantitative estimate of drug-likeness (QED) is 0.880. The van der Waals surface area contributed by atoms with Gasteiger partial charge in [0.25, 0.3) is 5.91 Å². The number of carbonyl (C=O) groups excluding carboxylic acids is 2. The van der Waals surface area contributed by atoms with Crippen LogP contribution in [0.4, 0.5) is 0 Å². The van der Waals surface area contributed by atoms with Crippen LogP contribution in [0, 0.1) is 23.2 Å². The van der Waals surface area contributed by atoms with Crippen LogP contribution in [0.2, 0.25) is 0 Å². The van der Waals surface area contributed by atoms with Gasteiger partial charge in [0.05, 0.1) is 5.41 Å². The molecular formula is C21H28N2O2S. The van der Waals surface area contributed by atoms with Gasteiger partial charge in [0, 0.05) is 30.1 Å². The number of piperidine rings is 1. The zero-order valence-corrected chi connectivity index (χ0v) is 16.1. The maximum absolute atomic E-state index is 13.4. The number of hydrogen-bond donors (Lipinski definition) is 1. The van der Waals surface area contributed by atoms with Crippen molar-refractivity contribution >= 4 is 23.2 Å². The lowest BCUT2D eigenvalue weighted by Crippen LogP contribution is -2.56. The molecular weight excluding hydrogens is 344 g/mol. The maximum Gasteiger partial charge on any atom is 0.252 e. The monoisotopic (exact) mass is 372 g/mol. The van der Waals surface area contributed by atoms with E-state index in [9.17, 15) is 9.59 Å². The Morgan fingerprint density at radius 3 is 2.19 bits per heavy atom. The Kier molecular flexibility index (Phi) is 4.11. The van der Waals surface area contributed by atoms with Gasteiger partial charge < -0.3 is 10.2 Å². The molecule has 1 aliphatic heterocycles. The highest BCUT2D eigenvalue weighted by atomic mass is 32.1. The van der Waals surface area contributed by atoms with Crippen LogP contribution >= 0.6 is 11.3 Å². The normalized spacial score (nSPS) is 36.3. The zero-order chi connectivity index (χ0) is 17.7. The smallest absolute Gasteiger partial charge is 0.252 e. The first-order valence-corrected chi connectivity index (χ1v) is 11.2. The average molecular weight is 373 g/mol. The summed E-state index contributed by atoms with van der Waals surface area (Å²) >= 11 is 1.55. The van der Waals surface area contributed by atoms with Crippen molar-refractivity contribution in [2.75, 3.05) is 13.1 Å². The van der Waals surface area contributed by atoms with Crippen molar-refractivity contribution in [2.24, 2.45) is 23.2 Å². The van der Waals surface area contributed by atoms with E-state index in [1.54, 1.807) is 11.3 Å². The summed E-state index contributed by atoms with van der Waals surface area (Å²) in [4.78, 5) is 27.8. The summed E-state index contributed by atoms with van der Waals surface area (Å²) in [7, 11) is 0. The molecule has 26 heavy (non-hydrogen) atoms. The predicted octanol–water partition coefficient (Wildman–Crippen LogP) is 3.69. The molecule has 0 atom stereocenters. The SMILES string of the molecule is O=C(NC1CCN(C(=O)C23CC4CC(CC(C4)C2)C3)CC1)c1ccsc1. The van der Waals surface area contributed by atoms with E-state index in [1.807, 2.05) is 16.8 Å². The summed E-state index contributed by atoms with van der Waals surface area (Å²) in [5, 5.41) is 6.97. The average Bonchev–Trinajstić information content (AvgIpc) is 3.15. The van der Waals surface area contributed by atoms with Gasteiger partial charge in [0.15, 0.2) is 0 Å². The fourth-order valence-electron chi connectivity index (χ4n) is 6.60. The van der Waals surface area contributed by atoms with Gasteiger partial charge >= 0.3 is 0 Å². The Bertz CT molecular complexity index is 656. The molecule has 1 saturated heterocycles. The van der Waals surface area contributed by atoms with Crippen molar-refractivity contribution in [3.63, 3.8) is 0 Å². The highest BCUT2D eigenvalue weighted by molar-refractivity contribution is 7.08. The number of carbonyl (C=O) groups is 2. The summed E-state index contributed by atoms with van der Waals surface area (Å²) < 4.78 is 0. The number of hydrogen-bond acceptors (Lipinski definition) is 3. The molecule has 1 aromatic heterocycles. The topological polar surface area (TPSA) is 49.4 Å². The standard InChI is InChI=1S/C21H28N2O2S/c24-19(17-3-6-26-13-17)22-18-1-4-23(5-2-18)20(25)21-10-14-7-15(11-21)9-16(8-14)12-21/h3,6,13-16,18H,1-2,4-5,7-12H2,(H,22,24). The number of likely N-dealkylation sites (tertiary alicyclic amines) is 1. The molecule has 5 heteroatoms. The van der Waals surface area contributed by atoms with E-state index < -0.39 is 0 Å². The second-order valence-corrected chi connectivity index (χ2v) is 10.0. The van der Waals surface area contributed by atoms with E-state index in [1.165, 1.54) is 19.3 Å². The van der Waals surface area contributed by atoms with Gasteiger partial charge in [-0.25, -0.2) is 0 Å². The van der Waals surface area contributed by atoms with Gasteiger partial charge in [-0.2, -0.15) is 11.3 Å². The highest BCUT2D eigenvalue weighted by Crippen LogP contribution is 2.60. The molecule has 0 radical (unpaired) electrons. The van der Waals surface area contributed by atoms with Gasteiger partial charge in [0.2, 0.25) is 5.91 Å². The van der Waals surface area contributed by atoms with E-state index in [-0.39, 0.29) is 17.4 Å². The van der Waals surface area contributed by atoms with E-state index in [4.69, 9.17) is 0 Å². The summed E-state index contributed by atoms with van der Waals surface area (Å²) in [5.74, 6) is 2.91. The zero-order valence-electron chi connectivity index (χ0n) is 15.3. The molecule has 4 aliphatic carbocycles. The minimum Gasteiger partial charge on any atom is -0.349 e. The molecule has 0 aromatic carbocycles. The Morgan fingerprint density at radius 2 is 1.65 bits per heavy atom. The number of nitrogens with zero attached hydrogens (tertiary/aromatic N) is 1. The number of thiophene rings is 1. The minimum atomic E-state index is -0.0263. The molecule has 4 saturated carbocycles. The summed E-state index contributed by atoms with van der Waals surface area (Å²) in [5.41, 5.74) is 0.726. The summed E-state index contributed by atoms with van der Waals surface area (Å²) in [6.07, 6.45) is 9.34. The molecule has 2 amide bonds. The molecule has 6 rings (SSSR count). The van der Waals surface area contributed by atoms with Crippen molar-refractivity contribution in [1.29, 1.82) is 0 Å². The molecule has 5 aliphatic rings. The second kappa shape index (κ2) is 6.36. The molecule has 4 bridgehead atoms. The number of nitrogens with one attached hydrogen (secondary N) is 1. The Balaban J connectivity index is 1.19. The van der Waals surface area contributed by atoms with Crippen molar-refractivity contribution < 1.29 is 9.59 Å². The van der Waals surface area contributed by atoms with Crippen molar-refractivity contribution in [3.8, 4) is 0 Å². The van der Waals surface area contributed by atoms with Gasteiger partial charge in [-0.15, -0.1) is 0 Å². The van der Waals surface area contributed by atoms with Crippen LogP contribution in [0.5, 0.6) is 0 Å². The van der Waals surface area contributed by atoms with E-state index in [0.717, 1.165) is 68.5 Å². The lowest BCUT2D eigenvalue weighted by Gasteiger charge is -2.57. The molecule has 140 valence electrons. The Hall–Kier alpha value is -1.36. The number of rotatable bonds is 3. The fourth-order valence-corrected chi connectivity index (χ4v) is 7.23. The van der Waals surface area contributed by atoms with Crippen molar-refractivity contribution in [3.05, 3.63) is 22.4 Å². The summed E-state index contributed by atoms with van der Waals surface area (Å²) in [6, 6.07) is 2.06. The molecule has 4 nitrogen and oxygen atoms in total. The van der Waals surface area contributed by atoms with Crippen molar-refractivity contribution in [2.45, 2.75) is 57.4 Å². The molecule has 0 unspecified atom stereocenters. The third-order valence-electron chi connectivity index (χ3n) is 7.39. The van der Waals surface area contributed by atoms with Crippen LogP contribution in [-0.4, -0.2) is 35.8 Å². The largest absolute Gasteiger partial charge is 0.349 e. The fraction of sp³-hybridized carbons (Fsp3) is 0.714. The Morgan fingerprint density at radius 1 is 1.04 bits per heavy atom. The highest BCUT2D eigenvalue weighted by Gasteiger charge is 2.55. The lowest BCUT2D eigenvalue weighted by molar-refractivity contribution is -0.158. The molecule has 0 spiro atoms. The molecule has 1 aromatic rings. The lowest BCUT2D eigenvalue weighted by atomic mass is 9.49. The first-order chi connectivity index (χ1) is 12.6. The van der Waals surface area contributed by atoms with Crippen LogP contribution in [0.15, 0.2) is 16.8 Å². The van der Waals surface area contributed by atoms with Crippen LogP contribution < -0.4 is 5.32 Å². The van der Waals surface area contributed by atoms with Crippen LogP contribution in [0.25, 0.3) is 0 Å². The molecule has 5 fully saturated rings. The van der Waals surface area contributed by atoms with E-state index >= 15 is 0 Å².